The zero-order chi connectivity index (χ0) is 16.9. The van der Waals surface area contributed by atoms with E-state index in [9.17, 15) is 18.3 Å². The van der Waals surface area contributed by atoms with Crippen LogP contribution in [0.25, 0.3) is 5.76 Å². The lowest BCUT2D eigenvalue weighted by atomic mass is 10.3. The van der Waals surface area contributed by atoms with Gasteiger partial charge >= 0.3 is 0 Å². The van der Waals surface area contributed by atoms with E-state index < -0.39 is 21.7 Å². The van der Waals surface area contributed by atoms with Gasteiger partial charge < -0.3 is 5.11 Å². The lowest BCUT2D eigenvalue weighted by Gasteiger charge is -2.26. The average molecular weight is 392 g/mol. The summed E-state index contributed by atoms with van der Waals surface area (Å²) in [5.41, 5.74) is 0.351. The molecule has 1 aliphatic rings. The molecule has 3 rings (SSSR count). The van der Waals surface area contributed by atoms with Gasteiger partial charge in [-0.15, -0.1) is 22.7 Å². The molecule has 23 heavy (non-hydrogen) atoms. The molecule has 1 amide bonds. The highest BCUT2D eigenvalue weighted by Gasteiger charge is 2.39. The van der Waals surface area contributed by atoms with E-state index in [1.54, 1.807) is 12.3 Å². The highest BCUT2D eigenvalue weighted by molar-refractivity contribution is 7.89. The highest BCUT2D eigenvalue weighted by atomic mass is 35.5. The number of anilines is 1. The van der Waals surface area contributed by atoms with Crippen molar-refractivity contribution in [2.75, 3.05) is 12.4 Å². The number of hydrogen-bond donors (Lipinski definition) is 2. The van der Waals surface area contributed by atoms with Gasteiger partial charge in [0.05, 0.1) is 14.9 Å². The molecule has 2 N–H and O–H groups in total. The number of fused-ring (bicyclic) bond motifs is 1. The first kappa shape index (κ1) is 16.2. The molecule has 3 heterocycles. The third-order valence-corrected chi connectivity index (χ3v) is 7.17. The molecule has 1 aliphatic heterocycles. The Morgan fingerprint density at radius 1 is 1.48 bits per heavy atom. The van der Waals surface area contributed by atoms with E-state index in [-0.39, 0.29) is 19.8 Å². The van der Waals surface area contributed by atoms with Crippen LogP contribution in [0.1, 0.15) is 10.6 Å². The molecule has 0 aliphatic carbocycles. The van der Waals surface area contributed by atoms with Crippen LogP contribution in [0.15, 0.2) is 22.0 Å². The monoisotopic (exact) mass is 391 g/mol. The summed E-state index contributed by atoms with van der Waals surface area (Å²) in [5.74, 6) is -1.20. The molecule has 7 nitrogen and oxygen atoms in total. The minimum atomic E-state index is -3.95. The molecule has 0 atom stereocenters. The number of aliphatic hydroxyl groups is 1. The van der Waals surface area contributed by atoms with E-state index in [0.717, 1.165) is 21.3 Å². The molecule has 2 aromatic heterocycles. The Morgan fingerprint density at radius 3 is 2.78 bits per heavy atom. The van der Waals surface area contributed by atoms with Gasteiger partial charge in [-0.25, -0.2) is 13.4 Å². The van der Waals surface area contributed by atoms with Crippen molar-refractivity contribution in [1.29, 1.82) is 0 Å². The summed E-state index contributed by atoms with van der Waals surface area (Å²) in [6, 6.07) is 1.25. The third-order valence-electron chi connectivity index (χ3n) is 3.12. The zero-order valence-corrected chi connectivity index (χ0v) is 15.0. The molecular formula is C12H10ClN3O4S3. The van der Waals surface area contributed by atoms with Crippen molar-refractivity contribution in [3.05, 3.63) is 32.1 Å². The van der Waals surface area contributed by atoms with Gasteiger partial charge in [-0.2, -0.15) is 0 Å². The van der Waals surface area contributed by atoms with Crippen LogP contribution in [0.5, 0.6) is 0 Å². The fourth-order valence-corrected chi connectivity index (χ4v) is 5.68. The van der Waals surface area contributed by atoms with E-state index in [4.69, 9.17) is 11.6 Å². The molecule has 0 unspecified atom stereocenters. The van der Waals surface area contributed by atoms with Gasteiger partial charge in [-0.3, -0.25) is 14.4 Å². The van der Waals surface area contributed by atoms with Crippen molar-refractivity contribution < 1.29 is 18.3 Å². The van der Waals surface area contributed by atoms with E-state index in [0.29, 0.717) is 5.13 Å². The maximum absolute atomic E-state index is 12.5. The number of carbonyl (C=O) groups excluding carboxylic acids is 1. The molecule has 0 spiro atoms. The summed E-state index contributed by atoms with van der Waals surface area (Å²) in [6.07, 6.45) is 0. The lowest BCUT2D eigenvalue weighted by molar-refractivity contribution is -0.113. The number of hydrogen-bond acceptors (Lipinski definition) is 7. The standard InChI is InChI=1S/C12H10ClN3O4S3/c1-5-4-21-12(14-5)15-11(18)8-9(17)10-6(3-7(13)22-10)23(19,20)16(8)2/h3-4,17H,1-2H3,(H,14,15,18). The number of aryl methyl sites for hydroxylation is 1. The smallest absolute Gasteiger partial charge is 0.278 e. The largest absolute Gasteiger partial charge is 0.504 e. The van der Waals surface area contributed by atoms with Crippen LogP contribution in [-0.4, -0.2) is 35.8 Å². The normalized spacial score (nSPS) is 16.4. The number of rotatable bonds is 2. The van der Waals surface area contributed by atoms with Crippen molar-refractivity contribution >= 4 is 61.1 Å². The average Bonchev–Trinajstić information content (AvgIpc) is 3.04. The van der Waals surface area contributed by atoms with Crippen LogP contribution in [0.4, 0.5) is 5.13 Å². The van der Waals surface area contributed by atoms with Crippen LogP contribution in [0.3, 0.4) is 0 Å². The molecule has 2 aromatic rings. The van der Waals surface area contributed by atoms with E-state index >= 15 is 0 Å². The zero-order valence-electron chi connectivity index (χ0n) is 11.8. The quantitative estimate of drug-likeness (QED) is 0.819. The van der Waals surface area contributed by atoms with Crippen molar-refractivity contribution in [3.63, 3.8) is 0 Å². The first-order valence-corrected chi connectivity index (χ1v) is 9.68. The SMILES string of the molecule is Cc1csc(NC(=O)C2=C(O)c3sc(Cl)cc3S(=O)(=O)N2C)n1. The summed E-state index contributed by atoms with van der Waals surface area (Å²) in [5, 5.41) is 14.9. The summed E-state index contributed by atoms with van der Waals surface area (Å²) in [6.45, 7) is 1.76. The van der Waals surface area contributed by atoms with E-state index in [1.165, 1.54) is 24.5 Å². The second-order valence-corrected chi connectivity index (χ2v) is 9.14. The Kier molecular flexibility index (Phi) is 3.87. The number of thiophene rings is 1. The van der Waals surface area contributed by atoms with Crippen LogP contribution in [0, 0.1) is 6.92 Å². The molecule has 0 fully saturated rings. The minimum Gasteiger partial charge on any atom is -0.504 e. The second kappa shape index (κ2) is 5.48. The molecule has 0 aromatic carbocycles. The topological polar surface area (TPSA) is 99.6 Å². The van der Waals surface area contributed by atoms with Crippen LogP contribution < -0.4 is 5.32 Å². The van der Waals surface area contributed by atoms with Crippen LogP contribution in [0.2, 0.25) is 4.34 Å². The molecule has 0 radical (unpaired) electrons. The molecule has 0 bridgehead atoms. The Balaban J connectivity index is 2.08. The lowest BCUT2D eigenvalue weighted by Crippen LogP contribution is -2.36. The fraction of sp³-hybridized carbons (Fsp3) is 0.167. The Hall–Kier alpha value is -1.62. The van der Waals surface area contributed by atoms with Gasteiger partial charge in [0.2, 0.25) is 0 Å². The summed E-state index contributed by atoms with van der Waals surface area (Å²) < 4.78 is 25.9. The van der Waals surface area contributed by atoms with Crippen LogP contribution in [-0.2, 0) is 14.8 Å². The van der Waals surface area contributed by atoms with Crippen molar-refractivity contribution in [1.82, 2.24) is 9.29 Å². The number of likely N-dealkylation sites (N-methyl/N-ethyl adjacent to an activating group) is 1. The van der Waals surface area contributed by atoms with Gasteiger partial charge in [-0.1, -0.05) is 11.6 Å². The van der Waals surface area contributed by atoms with Gasteiger partial charge in [0, 0.05) is 12.4 Å². The summed E-state index contributed by atoms with van der Waals surface area (Å²) in [7, 11) is -2.75. The van der Waals surface area contributed by atoms with Crippen molar-refractivity contribution in [3.8, 4) is 0 Å². The first-order valence-electron chi connectivity index (χ1n) is 6.17. The predicted molar refractivity (Wildman–Crippen MR) is 89.3 cm³/mol. The molecule has 0 saturated heterocycles. The molecule has 11 heteroatoms. The predicted octanol–water partition coefficient (Wildman–Crippen LogP) is 2.67. The number of nitrogens with zero attached hydrogens (tertiary/aromatic N) is 2. The number of aromatic nitrogens is 1. The van der Waals surface area contributed by atoms with Gasteiger partial charge in [0.15, 0.2) is 16.6 Å². The maximum atomic E-state index is 12.5. The van der Waals surface area contributed by atoms with E-state index in [2.05, 4.69) is 10.3 Å². The molecule has 0 saturated carbocycles. The first-order chi connectivity index (χ1) is 10.7. The Morgan fingerprint density at radius 2 is 2.17 bits per heavy atom. The van der Waals surface area contributed by atoms with Crippen molar-refractivity contribution in [2.24, 2.45) is 0 Å². The van der Waals surface area contributed by atoms with Gasteiger partial charge in [-0.05, 0) is 13.0 Å². The van der Waals surface area contributed by atoms with Gasteiger partial charge in [0.25, 0.3) is 15.9 Å². The van der Waals surface area contributed by atoms with E-state index in [1.807, 2.05) is 0 Å². The number of thiazole rings is 1. The number of amides is 1. The highest BCUT2D eigenvalue weighted by Crippen LogP contribution is 2.41. The number of carbonyl (C=O) groups is 1. The second-order valence-electron chi connectivity index (χ2n) is 4.66. The van der Waals surface area contributed by atoms with Crippen LogP contribution >= 0.6 is 34.3 Å². The molecule has 122 valence electrons. The third kappa shape index (κ3) is 2.61. The Bertz CT molecular complexity index is 945. The number of aliphatic hydroxyl groups excluding tert-OH is 1. The number of halogens is 1. The minimum absolute atomic E-state index is 0.0496. The summed E-state index contributed by atoms with van der Waals surface area (Å²) in [4.78, 5) is 16.4. The number of nitrogens with one attached hydrogen (secondary N) is 1. The molecular weight excluding hydrogens is 382 g/mol. The number of sulfonamides is 1. The fourth-order valence-electron chi connectivity index (χ4n) is 2.05. The van der Waals surface area contributed by atoms with Crippen molar-refractivity contribution in [2.45, 2.75) is 11.8 Å². The maximum Gasteiger partial charge on any atom is 0.278 e. The Labute approximate surface area is 144 Å². The van der Waals surface area contributed by atoms with Gasteiger partial charge in [0.1, 0.15) is 4.90 Å². The summed E-state index contributed by atoms with van der Waals surface area (Å²) >= 11 is 7.94.